The van der Waals surface area contributed by atoms with E-state index in [1.54, 1.807) is 6.08 Å². The molecular weight excluding hydrogens is 428 g/mol. The predicted molar refractivity (Wildman–Crippen MR) is 116 cm³/mol. The van der Waals surface area contributed by atoms with E-state index >= 15 is 0 Å². The first-order valence-corrected chi connectivity index (χ1v) is 10.1. The number of hydrogen-bond donors (Lipinski definition) is 1. The van der Waals surface area contributed by atoms with E-state index in [4.69, 9.17) is 21.1 Å². The van der Waals surface area contributed by atoms with Crippen LogP contribution in [0.5, 0.6) is 11.5 Å². The van der Waals surface area contributed by atoms with E-state index < -0.39 is 5.91 Å². The van der Waals surface area contributed by atoms with Gasteiger partial charge in [0, 0.05) is 18.7 Å². The molecule has 156 valence electrons. The first kappa shape index (κ1) is 21.7. The van der Waals surface area contributed by atoms with Crippen molar-refractivity contribution < 1.29 is 23.9 Å². The monoisotopic (exact) mass is 446 g/mol. The molecular formula is C21H19ClN2O5S. The Balaban J connectivity index is 1.62. The van der Waals surface area contributed by atoms with Crippen LogP contribution >= 0.6 is 23.4 Å². The lowest BCUT2D eigenvalue weighted by Crippen LogP contribution is -2.37. The van der Waals surface area contributed by atoms with Crippen molar-refractivity contribution in [3.8, 4) is 11.5 Å². The lowest BCUT2D eigenvalue weighted by molar-refractivity contribution is -0.122. The van der Waals surface area contributed by atoms with Crippen molar-refractivity contribution in [1.29, 1.82) is 0 Å². The van der Waals surface area contributed by atoms with E-state index in [-0.39, 0.29) is 34.8 Å². The van der Waals surface area contributed by atoms with Gasteiger partial charge in [-0.25, -0.2) is 0 Å². The Morgan fingerprint density at radius 3 is 2.57 bits per heavy atom. The van der Waals surface area contributed by atoms with E-state index in [0.717, 1.165) is 22.2 Å². The highest BCUT2D eigenvalue weighted by molar-refractivity contribution is 8.18. The zero-order chi connectivity index (χ0) is 21.7. The van der Waals surface area contributed by atoms with Crippen molar-refractivity contribution >= 4 is 46.5 Å². The summed E-state index contributed by atoms with van der Waals surface area (Å²) in [4.78, 5) is 38.6. The summed E-state index contributed by atoms with van der Waals surface area (Å²) >= 11 is 7.01. The van der Waals surface area contributed by atoms with Gasteiger partial charge < -0.3 is 14.8 Å². The maximum absolute atomic E-state index is 12.5. The molecule has 0 aliphatic carbocycles. The molecule has 0 unspecified atom stereocenters. The van der Waals surface area contributed by atoms with Crippen LogP contribution in [0.1, 0.15) is 15.9 Å². The van der Waals surface area contributed by atoms with E-state index in [0.29, 0.717) is 16.4 Å². The van der Waals surface area contributed by atoms with Crippen LogP contribution < -0.4 is 14.8 Å². The highest BCUT2D eigenvalue weighted by Gasteiger charge is 2.34. The van der Waals surface area contributed by atoms with Crippen molar-refractivity contribution in [1.82, 2.24) is 10.2 Å². The summed E-state index contributed by atoms with van der Waals surface area (Å²) in [6.07, 6.45) is 1.68. The lowest BCUT2D eigenvalue weighted by atomic mass is 10.2. The molecule has 1 aliphatic heterocycles. The molecule has 1 heterocycles. The number of methoxy groups -OCH3 is 2. The van der Waals surface area contributed by atoms with Gasteiger partial charge in [0.25, 0.3) is 17.1 Å². The second-order valence-corrected chi connectivity index (χ2v) is 7.59. The van der Waals surface area contributed by atoms with Gasteiger partial charge in [-0.15, -0.1) is 0 Å². The van der Waals surface area contributed by atoms with E-state index in [1.807, 2.05) is 30.3 Å². The van der Waals surface area contributed by atoms with Crippen molar-refractivity contribution in [2.75, 3.05) is 27.3 Å². The Bertz CT molecular complexity index is 1010. The molecule has 0 aromatic heterocycles. The molecule has 0 saturated carbocycles. The standard InChI is InChI=1S/C21H19ClN2O5S/c1-28-16-12-14(11-15(22)18(16)29-2)19(25)23-8-9-24-20(26)17(30-21(24)27)10-13-6-4-3-5-7-13/h3-7,10-12H,8-9H2,1-2H3,(H,23,25)/b17-10-. The second-order valence-electron chi connectivity index (χ2n) is 6.19. The van der Waals surface area contributed by atoms with E-state index in [9.17, 15) is 14.4 Å². The van der Waals surface area contributed by atoms with Gasteiger partial charge >= 0.3 is 0 Å². The van der Waals surface area contributed by atoms with Gasteiger partial charge in [-0.2, -0.15) is 0 Å². The summed E-state index contributed by atoms with van der Waals surface area (Å²) in [5.74, 6) is -0.132. The first-order chi connectivity index (χ1) is 14.4. The third kappa shape index (κ3) is 4.77. The van der Waals surface area contributed by atoms with E-state index in [1.165, 1.54) is 26.4 Å². The Kier molecular flexibility index (Phi) is 7.02. The Morgan fingerprint density at radius 1 is 1.17 bits per heavy atom. The molecule has 1 saturated heterocycles. The highest BCUT2D eigenvalue weighted by Crippen LogP contribution is 2.36. The minimum Gasteiger partial charge on any atom is -0.493 e. The molecule has 0 bridgehead atoms. The number of ether oxygens (including phenoxy) is 2. The average molecular weight is 447 g/mol. The summed E-state index contributed by atoms with van der Waals surface area (Å²) in [6.45, 7) is 0.158. The molecule has 1 N–H and O–H groups in total. The van der Waals surface area contributed by atoms with Crippen molar-refractivity contribution in [3.05, 3.63) is 63.5 Å². The molecule has 1 fully saturated rings. The summed E-state index contributed by atoms with van der Waals surface area (Å²) in [6, 6.07) is 12.2. The lowest BCUT2D eigenvalue weighted by Gasteiger charge is -2.14. The third-order valence-electron chi connectivity index (χ3n) is 4.29. The molecule has 0 atom stereocenters. The molecule has 1 aliphatic rings. The molecule has 9 heteroatoms. The number of nitrogens with one attached hydrogen (secondary N) is 1. The van der Waals surface area contributed by atoms with Gasteiger partial charge in [-0.1, -0.05) is 41.9 Å². The molecule has 2 aromatic carbocycles. The highest BCUT2D eigenvalue weighted by atomic mass is 35.5. The number of rotatable bonds is 7. The Hall–Kier alpha value is -2.97. The number of amides is 3. The van der Waals surface area contributed by atoms with Crippen molar-refractivity contribution in [2.45, 2.75) is 0 Å². The number of benzene rings is 2. The normalized spacial score (nSPS) is 14.9. The van der Waals surface area contributed by atoms with Gasteiger partial charge in [0.15, 0.2) is 11.5 Å². The largest absolute Gasteiger partial charge is 0.493 e. The van der Waals surface area contributed by atoms with Gasteiger partial charge in [0.1, 0.15) is 0 Å². The number of thioether (sulfide) groups is 1. The minimum atomic E-state index is -0.412. The topological polar surface area (TPSA) is 84.9 Å². The minimum absolute atomic E-state index is 0.0591. The second kappa shape index (κ2) is 9.69. The number of hydrogen-bond acceptors (Lipinski definition) is 6. The zero-order valence-corrected chi connectivity index (χ0v) is 17.9. The first-order valence-electron chi connectivity index (χ1n) is 8.94. The molecule has 30 heavy (non-hydrogen) atoms. The van der Waals surface area contributed by atoms with Gasteiger partial charge in [-0.05, 0) is 35.5 Å². The molecule has 0 radical (unpaired) electrons. The molecule has 3 rings (SSSR count). The fourth-order valence-corrected chi connectivity index (χ4v) is 3.98. The van der Waals surface area contributed by atoms with Crippen molar-refractivity contribution in [3.63, 3.8) is 0 Å². The number of nitrogens with zero attached hydrogens (tertiary/aromatic N) is 1. The Morgan fingerprint density at radius 2 is 1.90 bits per heavy atom. The van der Waals surface area contributed by atoms with Crippen LogP contribution in [0.15, 0.2) is 47.4 Å². The van der Waals surface area contributed by atoms with Crippen LogP contribution in [-0.4, -0.2) is 49.3 Å². The van der Waals surface area contributed by atoms with Crippen LogP contribution in [0, 0.1) is 0 Å². The quantitative estimate of drug-likeness (QED) is 0.651. The maximum atomic E-state index is 12.5. The summed E-state index contributed by atoms with van der Waals surface area (Å²) in [7, 11) is 2.89. The zero-order valence-electron chi connectivity index (χ0n) is 16.3. The van der Waals surface area contributed by atoms with Gasteiger partial charge in [-0.3, -0.25) is 19.3 Å². The van der Waals surface area contributed by atoms with Crippen LogP contribution in [0.3, 0.4) is 0 Å². The average Bonchev–Trinajstić information content (AvgIpc) is 3.01. The van der Waals surface area contributed by atoms with Gasteiger partial charge in [0.05, 0.1) is 24.1 Å². The molecule has 0 spiro atoms. The number of imide groups is 1. The molecule has 2 aromatic rings. The Labute approximate surface area is 183 Å². The number of carbonyl (C=O) groups excluding carboxylic acids is 3. The smallest absolute Gasteiger partial charge is 0.293 e. The summed E-state index contributed by atoms with van der Waals surface area (Å²) < 4.78 is 10.3. The summed E-state index contributed by atoms with van der Waals surface area (Å²) in [5, 5.41) is 2.54. The van der Waals surface area contributed by atoms with Crippen LogP contribution in [0.2, 0.25) is 5.02 Å². The van der Waals surface area contributed by atoms with Crippen LogP contribution in [0.25, 0.3) is 6.08 Å². The fourth-order valence-electron chi connectivity index (χ4n) is 2.83. The predicted octanol–water partition coefficient (Wildman–Crippen LogP) is 3.82. The number of halogens is 1. The third-order valence-corrected chi connectivity index (χ3v) is 5.48. The van der Waals surface area contributed by atoms with Crippen LogP contribution in [-0.2, 0) is 4.79 Å². The SMILES string of the molecule is COc1cc(C(=O)NCCN2C(=O)S/C(=C\c3ccccc3)C2=O)cc(Cl)c1OC. The van der Waals surface area contributed by atoms with Gasteiger partial charge in [0.2, 0.25) is 0 Å². The van der Waals surface area contributed by atoms with E-state index in [2.05, 4.69) is 5.32 Å². The fraction of sp³-hybridized carbons (Fsp3) is 0.190. The van der Waals surface area contributed by atoms with Crippen molar-refractivity contribution in [2.24, 2.45) is 0 Å². The van der Waals surface area contributed by atoms with Crippen LogP contribution in [0.4, 0.5) is 4.79 Å². The summed E-state index contributed by atoms with van der Waals surface area (Å²) in [5.41, 5.74) is 1.11. The molecule has 3 amide bonds. The maximum Gasteiger partial charge on any atom is 0.293 e. The molecule has 7 nitrogen and oxygen atoms in total. The number of carbonyl (C=O) groups is 3.